The first kappa shape index (κ1) is 14.3. The standard InChI is InChI=1S/C16H25N5/c1-3-16(4-2)21-8-7-14(19-21)10-20-11-15(18-12-20)9-17-13-5-6-13/h7-8,11-13,16-17H,3-6,9-10H2,1-2H3. The molecule has 5 nitrogen and oxygen atoms in total. The molecule has 0 bridgehead atoms. The lowest BCUT2D eigenvalue weighted by atomic mass is 10.2. The molecule has 3 rings (SSSR count). The van der Waals surface area contributed by atoms with E-state index in [1.807, 2.05) is 6.33 Å². The van der Waals surface area contributed by atoms with Crippen molar-refractivity contribution in [2.24, 2.45) is 0 Å². The van der Waals surface area contributed by atoms with Crippen LogP contribution in [-0.2, 0) is 13.1 Å². The summed E-state index contributed by atoms with van der Waals surface area (Å²) in [6.07, 6.45) is 11.0. The van der Waals surface area contributed by atoms with Gasteiger partial charge in [-0.25, -0.2) is 4.98 Å². The van der Waals surface area contributed by atoms with E-state index in [1.165, 1.54) is 12.8 Å². The summed E-state index contributed by atoms with van der Waals surface area (Å²) >= 11 is 0. The van der Waals surface area contributed by atoms with Gasteiger partial charge in [0.2, 0.25) is 0 Å². The maximum Gasteiger partial charge on any atom is 0.0953 e. The van der Waals surface area contributed by atoms with Crippen LogP contribution in [0.2, 0.25) is 0 Å². The first-order valence-electron chi connectivity index (χ1n) is 8.06. The van der Waals surface area contributed by atoms with E-state index >= 15 is 0 Å². The summed E-state index contributed by atoms with van der Waals surface area (Å²) in [6.45, 7) is 6.10. The van der Waals surface area contributed by atoms with E-state index < -0.39 is 0 Å². The quantitative estimate of drug-likeness (QED) is 0.812. The third kappa shape index (κ3) is 3.73. The number of aromatic nitrogens is 4. The van der Waals surface area contributed by atoms with Crippen LogP contribution in [0.15, 0.2) is 24.8 Å². The number of hydrogen-bond acceptors (Lipinski definition) is 3. The third-order valence-corrected chi connectivity index (χ3v) is 4.16. The Hall–Kier alpha value is -1.62. The Labute approximate surface area is 126 Å². The van der Waals surface area contributed by atoms with Crippen molar-refractivity contribution < 1.29 is 0 Å². The van der Waals surface area contributed by atoms with Crippen molar-refractivity contribution in [1.82, 2.24) is 24.6 Å². The van der Waals surface area contributed by atoms with Crippen LogP contribution in [0, 0.1) is 0 Å². The molecule has 2 aromatic rings. The van der Waals surface area contributed by atoms with Gasteiger partial charge in [0.1, 0.15) is 0 Å². The number of imidazole rings is 1. The molecule has 0 unspecified atom stereocenters. The van der Waals surface area contributed by atoms with E-state index in [2.05, 4.69) is 51.9 Å². The van der Waals surface area contributed by atoms with E-state index in [0.717, 1.165) is 43.4 Å². The van der Waals surface area contributed by atoms with Gasteiger partial charge in [0.25, 0.3) is 0 Å². The highest BCUT2D eigenvalue weighted by Gasteiger charge is 2.20. The topological polar surface area (TPSA) is 47.7 Å². The molecule has 1 aliphatic rings. The summed E-state index contributed by atoms with van der Waals surface area (Å²) in [5, 5.41) is 8.18. The van der Waals surface area contributed by atoms with E-state index in [4.69, 9.17) is 5.10 Å². The fourth-order valence-corrected chi connectivity index (χ4v) is 2.64. The highest BCUT2D eigenvalue weighted by atomic mass is 15.3. The normalized spacial score (nSPS) is 15.0. The summed E-state index contributed by atoms with van der Waals surface area (Å²) in [7, 11) is 0. The van der Waals surface area contributed by atoms with Gasteiger partial charge in [0, 0.05) is 25.0 Å². The third-order valence-electron chi connectivity index (χ3n) is 4.16. The van der Waals surface area contributed by atoms with Crippen molar-refractivity contribution >= 4 is 0 Å². The van der Waals surface area contributed by atoms with Crippen molar-refractivity contribution in [3.8, 4) is 0 Å². The predicted molar refractivity (Wildman–Crippen MR) is 83.0 cm³/mol. The Morgan fingerprint density at radius 2 is 2.10 bits per heavy atom. The summed E-state index contributed by atoms with van der Waals surface area (Å²) in [5.74, 6) is 0. The molecule has 2 aromatic heterocycles. The number of nitrogens with zero attached hydrogens (tertiary/aromatic N) is 4. The molecule has 1 aliphatic carbocycles. The second-order valence-electron chi connectivity index (χ2n) is 5.95. The van der Waals surface area contributed by atoms with Gasteiger partial charge in [-0.15, -0.1) is 0 Å². The molecule has 0 aromatic carbocycles. The van der Waals surface area contributed by atoms with E-state index in [-0.39, 0.29) is 0 Å². The maximum absolute atomic E-state index is 4.69. The lowest BCUT2D eigenvalue weighted by Gasteiger charge is -2.12. The molecule has 0 aliphatic heterocycles. The molecule has 5 heteroatoms. The van der Waals surface area contributed by atoms with Crippen LogP contribution < -0.4 is 5.32 Å². The van der Waals surface area contributed by atoms with Crippen molar-refractivity contribution in [1.29, 1.82) is 0 Å². The molecule has 114 valence electrons. The molecular formula is C16H25N5. The zero-order valence-electron chi connectivity index (χ0n) is 13.0. The summed E-state index contributed by atoms with van der Waals surface area (Å²) in [6, 6.07) is 3.35. The second kappa shape index (κ2) is 6.43. The molecule has 0 spiro atoms. The molecule has 21 heavy (non-hydrogen) atoms. The molecule has 0 atom stereocenters. The van der Waals surface area contributed by atoms with E-state index in [9.17, 15) is 0 Å². The maximum atomic E-state index is 4.69. The molecule has 0 radical (unpaired) electrons. The van der Waals surface area contributed by atoms with Crippen LogP contribution in [0.1, 0.15) is 57.0 Å². The Balaban J connectivity index is 1.58. The van der Waals surface area contributed by atoms with Crippen LogP contribution in [-0.4, -0.2) is 25.4 Å². The molecular weight excluding hydrogens is 262 g/mol. The summed E-state index contributed by atoms with van der Waals surface area (Å²) < 4.78 is 4.21. The molecule has 0 saturated heterocycles. The van der Waals surface area contributed by atoms with Gasteiger partial charge < -0.3 is 9.88 Å². The van der Waals surface area contributed by atoms with Gasteiger partial charge in [-0.05, 0) is 31.7 Å². The summed E-state index contributed by atoms with van der Waals surface area (Å²) in [5.41, 5.74) is 2.21. The fourth-order valence-electron chi connectivity index (χ4n) is 2.64. The predicted octanol–water partition coefficient (Wildman–Crippen LogP) is 2.74. The fraction of sp³-hybridized carbons (Fsp3) is 0.625. The van der Waals surface area contributed by atoms with Gasteiger partial charge in [-0.2, -0.15) is 5.10 Å². The van der Waals surface area contributed by atoms with Crippen molar-refractivity contribution in [2.75, 3.05) is 0 Å². The molecule has 2 heterocycles. The highest BCUT2D eigenvalue weighted by Crippen LogP contribution is 2.19. The Morgan fingerprint density at radius 1 is 1.29 bits per heavy atom. The zero-order valence-corrected chi connectivity index (χ0v) is 13.0. The molecule has 1 N–H and O–H groups in total. The minimum atomic E-state index is 0.514. The van der Waals surface area contributed by atoms with E-state index in [0.29, 0.717) is 6.04 Å². The van der Waals surface area contributed by atoms with Crippen LogP contribution in [0.5, 0.6) is 0 Å². The van der Waals surface area contributed by atoms with Crippen LogP contribution in [0.3, 0.4) is 0 Å². The minimum Gasteiger partial charge on any atom is -0.331 e. The van der Waals surface area contributed by atoms with Crippen LogP contribution in [0.25, 0.3) is 0 Å². The Bertz CT molecular complexity index is 563. The Morgan fingerprint density at radius 3 is 2.81 bits per heavy atom. The van der Waals surface area contributed by atoms with Crippen molar-refractivity contribution in [3.05, 3.63) is 36.2 Å². The minimum absolute atomic E-state index is 0.514. The van der Waals surface area contributed by atoms with Crippen LogP contribution >= 0.6 is 0 Å². The van der Waals surface area contributed by atoms with Crippen molar-refractivity contribution in [2.45, 2.75) is 64.7 Å². The molecule has 1 fully saturated rings. The van der Waals surface area contributed by atoms with Gasteiger partial charge in [0.05, 0.1) is 30.3 Å². The monoisotopic (exact) mass is 287 g/mol. The second-order valence-corrected chi connectivity index (χ2v) is 5.95. The average Bonchev–Trinajstić information content (AvgIpc) is 3.04. The molecule has 0 amide bonds. The Kier molecular flexibility index (Phi) is 4.39. The van der Waals surface area contributed by atoms with Gasteiger partial charge in [-0.1, -0.05) is 13.8 Å². The van der Waals surface area contributed by atoms with Crippen molar-refractivity contribution in [3.63, 3.8) is 0 Å². The lowest BCUT2D eigenvalue weighted by molar-refractivity contribution is 0.424. The molecule has 1 saturated carbocycles. The smallest absolute Gasteiger partial charge is 0.0953 e. The van der Waals surface area contributed by atoms with Crippen LogP contribution in [0.4, 0.5) is 0 Å². The van der Waals surface area contributed by atoms with Gasteiger partial charge in [0.15, 0.2) is 0 Å². The average molecular weight is 287 g/mol. The number of rotatable bonds is 8. The van der Waals surface area contributed by atoms with E-state index in [1.54, 1.807) is 0 Å². The highest BCUT2D eigenvalue weighted by molar-refractivity contribution is 5.04. The number of nitrogens with one attached hydrogen (secondary N) is 1. The zero-order chi connectivity index (χ0) is 14.7. The number of hydrogen-bond donors (Lipinski definition) is 1. The first-order valence-corrected chi connectivity index (χ1v) is 8.06. The van der Waals surface area contributed by atoms with Gasteiger partial charge >= 0.3 is 0 Å². The van der Waals surface area contributed by atoms with Gasteiger partial charge in [-0.3, -0.25) is 4.68 Å². The SMILES string of the molecule is CCC(CC)n1ccc(Cn2cnc(CNC3CC3)c2)n1. The lowest BCUT2D eigenvalue weighted by Crippen LogP contribution is -2.15. The largest absolute Gasteiger partial charge is 0.331 e. The first-order chi connectivity index (χ1) is 10.3. The summed E-state index contributed by atoms with van der Waals surface area (Å²) in [4.78, 5) is 4.45.